The number of nitrogens with zero attached hydrogens (tertiary/aromatic N) is 1. The first-order valence-corrected chi connectivity index (χ1v) is 6.60. The first-order chi connectivity index (χ1) is 9.74. The molecule has 1 rings (SSSR count). The Balaban J connectivity index is 2.93. The van der Waals surface area contributed by atoms with E-state index in [0.29, 0.717) is 5.56 Å². The molecule has 0 saturated carbocycles. The maximum absolute atomic E-state index is 12.3. The summed E-state index contributed by atoms with van der Waals surface area (Å²) in [4.78, 5) is 29.1. The Morgan fingerprint density at radius 1 is 1.19 bits per heavy atom. The number of nitrogens with one attached hydrogen (secondary N) is 1. The monoisotopic (exact) mass is 294 g/mol. The van der Waals surface area contributed by atoms with Gasteiger partial charge in [-0.25, -0.2) is 9.86 Å². The Kier molecular flexibility index (Phi) is 5.72. The average Bonchev–Trinajstić information content (AvgIpc) is 2.42. The molecule has 0 aliphatic carbocycles. The van der Waals surface area contributed by atoms with Crippen molar-refractivity contribution in [3.05, 3.63) is 35.9 Å². The molecule has 0 fully saturated rings. The summed E-state index contributed by atoms with van der Waals surface area (Å²) in [7, 11) is 2.86. The molecule has 1 unspecified atom stereocenters. The molecule has 0 spiro atoms. The van der Waals surface area contributed by atoms with Crippen LogP contribution in [0.4, 0.5) is 4.79 Å². The van der Waals surface area contributed by atoms with Crippen LogP contribution in [0.5, 0.6) is 0 Å². The molecule has 2 amide bonds. The topological polar surface area (TPSA) is 67.9 Å². The number of hydrogen-bond acceptors (Lipinski definition) is 4. The molecule has 0 saturated heterocycles. The summed E-state index contributed by atoms with van der Waals surface area (Å²) in [6.45, 7) is 5.27. The third-order valence-corrected chi connectivity index (χ3v) is 2.63. The minimum Gasteiger partial charge on any atom is -0.444 e. The second-order valence-electron chi connectivity index (χ2n) is 5.51. The highest BCUT2D eigenvalue weighted by Gasteiger charge is 2.28. The van der Waals surface area contributed by atoms with Gasteiger partial charge >= 0.3 is 6.09 Å². The molecule has 0 bridgehead atoms. The summed E-state index contributed by atoms with van der Waals surface area (Å²) in [5, 5.41) is 3.64. The van der Waals surface area contributed by atoms with Gasteiger partial charge in [-0.2, -0.15) is 0 Å². The number of hydrogen-bond donors (Lipinski definition) is 1. The summed E-state index contributed by atoms with van der Waals surface area (Å²) >= 11 is 0. The Morgan fingerprint density at radius 3 is 2.24 bits per heavy atom. The summed E-state index contributed by atoms with van der Waals surface area (Å²) in [5.41, 5.74) is 0.0129. The van der Waals surface area contributed by atoms with Crippen LogP contribution < -0.4 is 5.32 Å². The van der Waals surface area contributed by atoms with E-state index in [4.69, 9.17) is 9.57 Å². The van der Waals surface area contributed by atoms with Crippen molar-refractivity contribution in [1.29, 1.82) is 0 Å². The van der Waals surface area contributed by atoms with Gasteiger partial charge in [-0.3, -0.25) is 9.63 Å². The number of rotatable bonds is 4. The number of ether oxygens (including phenoxy) is 1. The normalized spacial score (nSPS) is 12.4. The van der Waals surface area contributed by atoms with E-state index in [1.54, 1.807) is 45.0 Å². The van der Waals surface area contributed by atoms with Crippen molar-refractivity contribution >= 4 is 12.0 Å². The lowest BCUT2D eigenvalue weighted by molar-refractivity contribution is -0.171. The molecule has 1 aromatic rings. The van der Waals surface area contributed by atoms with E-state index >= 15 is 0 Å². The van der Waals surface area contributed by atoms with Crippen LogP contribution in [0.2, 0.25) is 0 Å². The standard InChI is InChI=1S/C15H22N2O4/c1-15(2,3)21-14(19)16-12(13(18)17(4)20-5)11-9-7-6-8-10-11/h6-10,12H,1-5H3,(H,16,19). The lowest BCUT2D eigenvalue weighted by atomic mass is 10.1. The van der Waals surface area contributed by atoms with E-state index in [1.807, 2.05) is 6.07 Å². The van der Waals surface area contributed by atoms with Crippen LogP contribution in [0.25, 0.3) is 0 Å². The highest BCUT2D eigenvalue weighted by atomic mass is 16.7. The van der Waals surface area contributed by atoms with E-state index in [2.05, 4.69) is 5.32 Å². The molecular weight excluding hydrogens is 272 g/mol. The molecular formula is C15H22N2O4. The van der Waals surface area contributed by atoms with Crippen molar-refractivity contribution in [2.24, 2.45) is 0 Å². The molecule has 1 aromatic carbocycles. The molecule has 21 heavy (non-hydrogen) atoms. The highest BCUT2D eigenvalue weighted by Crippen LogP contribution is 2.17. The molecule has 6 heteroatoms. The number of hydroxylamine groups is 2. The van der Waals surface area contributed by atoms with Crippen LogP contribution >= 0.6 is 0 Å². The molecule has 0 radical (unpaired) electrons. The van der Waals surface area contributed by atoms with Crippen molar-refractivity contribution in [1.82, 2.24) is 10.4 Å². The maximum Gasteiger partial charge on any atom is 0.408 e. The second kappa shape index (κ2) is 7.08. The van der Waals surface area contributed by atoms with Gasteiger partial charge < -0.3 is 10.1 Å². The van der Waals surface area contributed by atoms with E-state index in [1.165, 1.54) is 14.2 Å². The second-order valence-corrected chi connectivity index (χ2v) is 5.51. The Hall–Kier alpha value is -2.08. The Labute approximate surface area is 125 Å². The predicted octanol–water partition coefficient (Wildman–Crippen LogP) is 2.27. The smallest absolute Gasteiger partial charge is 0.408 e. The lowest BCUT2D eigenvalue weighted by Gasteiger charge is -2.25. The molecule has 1 N–H and O–H groups in total. The SMILES string of the molecule is CON(C)C(=O)C(NC(=O)OC(C)(C)C)c1ccccc1. The quantitative estimate of drug-likeness (QED) is 0.865. The zero-order valence-electron chi connectivity index (χ0n) is 13.0. The third kappa shape index (κ3) is 5.43. The summed E-state index contributed by atoms with van der Waals surface area (Å²) in [5.74, 6) is -0.394. The van der Waals surface area contributed by atoms with Crippen LogP contribution in [0.15, 0.2) is 30.3 Å². The molecule has 6 nitrogen and oxygen atoms in total. The van der Waals surface area contributed by atoms with Gasteiger partial charge in [0.2, 0.25) is 0 Å². The largest absolute Gasteiger partial charge is 0.444 e. The highest BCUT2D eigenvalue weighted by molar-refractivity contribution is 5.86. The van der Waals surface area contributed by atoms with Gasteiger partial charge in [0.05, 0.1) is 7.11 Å². The van der Waals surface area contributed by atoms with Crippen molar-refractivity contribution in [2.45, 2.75) is 32.4 Å². The van der Waals surface area contributed by atoms with Gasteiger partial charge in [-0.1, -0.05) is 30.3 Å². The van der Waals surface area contributed by atoms with Crippen LogP contribution in [-0.4, -0.2) is 36.8 Å². The summed E-state index contributed by atoms with van der Waals surface area (Å²) < 4.78 is 5.19. The first kappa shape index (κ1) is 17.0. The molecule has 0 aliphatic rings. The van der Waals surface area contributed by atoms with Crippen LogP contribution in [-0.2, 0) is 14.4 Å². The summed E-state index contributed by atoms with van der Waals surface area (Å²) in [6, 6.07) is 8.05. The van der Waals surface area contributed by atoms with E-state index in [-0.39, 0.29) is 0 Å². The number of benzene rings is 1. The lowest BCUT2D eigenvalue weighted by Crippen LogP contribution is -2.42. The van der Waals surface area contributed by atoms with Crippen molar-refractivity contribution in [3.8, 4) is 0 Å². The van der Waals surface area contributed by atoms with Crippen LogP contribution in [0.3, 0.4) is 0 Å². The first-order valence-electron chi connectivity index (χ1n) is 6.60. The number of likely N-dealkylation sites (N-methyl/N-ethyl adjacent to an activating group) is 1. The summed E-state index contributed by atoms with van der Waals surface area (Å²) in [6.07, 6.45) is -0.658. The van der Waals surface area contributed by atoms with Gasteiger partial charge in [-0.05, 0) is 26.3 Å². The molecule has 0 aliphatic heterocycles. The fourth-order valence-electron chi connectivity index (χ4n) is 1.63. The zero-order valence-corrected chi connectivity index (χ0v) is 13.0. The minimum absolute atomic E-state index is 0.394. The van der Waals surface area contributed by atoms with Crippen molar-refractivity contribution in [2.75, 3.05) is 14.2 Å². The van der Waals surface area contributed by atoms with Gasteiger partial charge in [0, 0.05) is 7.05 Å². The average molecular weight is 294 g/mol. The van der Waals surface area contributed by atoms with Gasteiger partial charge in [0.1, 0.15) is 11.6 Å². The van der Waals surface area contributed by atoms with E-state index in [0.717, 1.165) is 5.06 Å². The van der Waals surface area contributed by atoms with Gasteiger partial charge in [0.25, 0.3) is 5.91 Å². The van der Waals surface area contributed by atoms with Crippen LogP contribution in [0.1, 0.15) is 32.4 Å². The molecule has 0 heterocycles. The zero-order chi connectivity index (χ0) is 16.0. The maximum atomic E-state index is 12.3. The van der Waals surface area contributed by atoms with E-state index in [9.17, 15) is 9.59 Å². The van der Waals surface area contributed by atoms with Crippen molar-refractivity contribution in [3.63, 3.8) is 0 Å². The molecule has 116 valence electrons. The Bertz CT molecular complexity index is 482. The predicted molar refractivity (Wildman–Crippen MR) is 78.3 cm³/mol. The molecule has 0 aromatic heterocycles. The van der Waals surface area contributed by atoms with Gasteiger partial charge in [0.15, 0.2) is 0 Å². The number of carbonyl (C=O) groups excluding carboxylic acids is 2. The van der Waals surface area contributed by atoms with Crippen LogP contribution in [0, 0.1) is 0 Å². The number of alkyl carbamates (subject to hydrolysis) is 1. The van der Waals surface area contributed by atoms with Gasteiger partial charge in [-0.15, -0.1) is 0 Å². The fraction of sp³-hybridized carbons (Fsp3) is 0.467. The fourth-order valence-corrected chi connectivity index (χ4v) is 1.63. The van der Waals surface area contributed by atoms with E-state index < -0.39 is 23.6 Å². The van der Waals surface area contributed by atoms with Crippen molar-refractivity contribution < 1.29 is 19.2 Å². The minimum atomic E-state index is -0.869. The molecule has 1 atom stereocenters. The number of carbonyl (C=O) groups is 2. The Morgan fingerprint density at radius 2 is 1.76 bits per heavy atom. The third-order valence-electron chi connectivity index (χ3n) is 2.63. The number of amides is 2.